The molecule has 6 nitrogen and oxygen atoms in total. The lowest BCUT2D eigenvalue weighted by atomic mass is 10.0. The van der Waals surface area contributed by atoms with Gasteiger partial charge in [-0.25, -0.2) is 9.78 Å². The van der Waals surface area contributed by atoms with Gasteiger partial charge >= 0.3 is 5.97 Å². The number of rotatable bonds is 3. The number of hydrogen-bond donors (Lipinski definition) is 1. The zero-order chi connectivity index (χ0) is 17.1. The zero-order valence-electron chi connectivity index (χ0n) is 13.3. The number of hydrogen-bond acceptors (Lipinski definition) is 4. The highest BCUT2D eigenvalue weighted by Gasteiger charge is 2.32. The first-order valence-electron chi connectivity index (χ1n) is 7.73. The van der Waals surface area contributed by atoms with Gasteiger partial charge in [0, 0.05) is 18.3 Å². The molecular formula is C18H18N2O4. The monoisotopic (exact) mass is 326 g/mol. The Kier molecular flexibility index (Phi) is 4.57. The van der Waals surface area contributed by atoms with E-state index in [0.29, 0.717) is 18.7 Å². The summed E-state index contributed by atoms with van der Waals surface area (Å²) in [5.74, 6) is -1.37. The van der Waals surface area contributed by atoms with Gasteiger partial charge in [-0.1, -0.05) is 30.3 Å². The lowest BCUT2D eigenvalue weighted by Crippen LogP contribution is -2.46. The number of nitrogens with zero attached hydrogens (tertiary/aromatic N) is 2. The van der Waals surface area contributed by atoms with E-state index in [-0.39, 0.29) is 23.7 Å². The molecule has 2 unspecified atom stereocenters. The normalized spacial score (nSPS) is 20.6. The van der Waals surface area contributed by atoms with Crippen molar-refractivity contribution in [3.05, 3.63) is 65.5 Å². The molecule has 6 heteroatoms. The number of carbonyl (C=O) groups excluding carboxylic acids is 1. The summed E-state index contributed by atoms with van der Waals surface area (Å²) in [6, 6.07) is 12.3. The van der Waals surface area contributed by atoms with E-state index < -0.39 is 5.97 Å². The maximum Gasteiger partial charge on any atom is 0.354 e. The van der Waals surface area contributed by atoms with Gasteiger partial charge in [-0.2, -0.15) is 0 Å². The van der Waals surface area contributed by atoms with Crippen LogP contribution in [0, 0.1) is 0 Å². The van der Waals surface area contributed by atoms with Crippen LogP contribution in [0.5, 0.6) is 0 Å². The van der Waals surface area contributed by atoms with Crippen molar-refractivity contribution in [2.75, 3.05) is 13.2 Å². The van der Waals surface area contributed by atoms with Crippen molar-refractivity contribution in [1.82, 2.24) is 9.88 Å². The highest BCUT2D eigenvalue weighted by Crippen LogP contribution is 2.27. The second-order valence-corrected chi connectivity index (χ2v) is 5.76. The van der Waals surface area contributed by atoms with E-state index >= 15 is 0 Å². The number of amides is 1. The van der Waals surface area contributed by atoms with Gasteiger partial charge in [0.1, 0.15) is 5.69 Å². The average Bonchev–Trinajstić information content (AvgIpc) is 2.62. The summed E-state index contributed by atoms with van der Waals surface area (Å²) < 4.78 is 5.72. The number of ether oxygens (including phenoxy) is 1. The van der Waals surface area contributed by atoms with E-state index in [1.165, 1.54) is 18.3 Å². The number of carboxylic acid groups (broad SMARTS) is 1. The maximum atomic E-state index is 13.0. The molecule has 0 radical (unpaired) electrons. The molecular weight excluding hydrogens is 308 g/mol. The molecule has 1 fully saturated rings. The SMILES string of the molecule is CC1CN(C(=O)c2ccnc(C(=O)O)c2)C(c2ccccc2)CO1. The average molecular weight is 326 g/mol. The molecule has 1 aromatic carbocycles. The second kappa shape index (κ2) is 6.80. The summed E-state index contributed by atoms with van der Waals surface area (Å²) in [5, 5.41) is 9.07. The third-order valence-corrected chi connectivity index (χ3v) is 4.04. The Balaban J connectivity index is 1.92. The van der Waals surface area contributed by atoms with Crippen LogP contribution in [0.4, 0.5) is 0 Å². The highest BCUT2D eigenvalue weighted by atomic mass is 16.5. The van der Waals surface area contributed by atoms with E-state index in [9.17, 15) is 9.59 Å². The maximum absolute atomic E-state index is 13.0. The number of aromatic nitrogens is 1. The topological polar surface area (TPSA) is 79.7 Å². The third kappa shape index (κ3) is 3.28. The lowest BCUT2D eigenvalue weighted by Gasteiger charge is -2.39. The predicted octanol–water partition coefficient (Wildman–Crippen LogP) is 2.38. The fourth-order valence-electron chi connectivity index (χ4n) is 2.82. The van der Waals surface area contributed by atoms with Gasteiger partial charge in [-0.3, -0.25) is 4.79 Å². The van der Waals surface area contributed by atoms with Gasteiger partial charge in [0.2, 0.25) is 0 Å². The largest absolute Gasteiger partial charge is 0.477 e. The van der Waals surface area contributed by atoms with Crippen molar-refractivity contribution in [2.45, 2.75) is 19.1 Å². The molecule has 1 aromatic heterocycles. The van der Waals surface area contributed by atoms with Crippen LogP contribution in [0.2, 0.25) is 0 Å². The summed E-state index contributed by atoms with van der Waals surface area (Å²) in [7, 11) is 0. The smallest absolute Gasteiger partial charge is 0.354 e. The number of carboxylic acids is 1. The van der Waals surface area contributed by atoms with Gasteiger partial charge in [0.25, 0.3) is 5.91 Å². The number of morpholine rings is 1. The molecule has 1 aliphatic rings. The number of carbonyl (C=O) groups is 2. The van der Waals surface area contributed by atoms with Crippen LogP contribution < -0.4 is 0 Å². The minimum atomic E-state index is -1.15. The number of benzene rings is 1. The molecule has 1 saturated heterocycles. The van der Waals surface area contributed by atoms with E-state index in [1.807, 2.05) is 37.3 Å². The zero-order valence-corrected chi connectivity index (χ0v) is 13.3. The predicted molar refractivity (Wildman–Crippen MR) is 86.8 cm³/mol. The molecule has 0 bridgehead atoms. The minimum absolute atomic E-state index is 0.0744. The molecule has 2 heterocycles. The summed E-state index contributed by atoms with van der Waals surface area (Å²) in [4.78, 5) is 29.5. The fraction of sp³-hybridized carbons (Fsp3) is 0.278. The molecule has 2 atom stereocenters. The van der Waals surface area contributed by atoms with Crippen molar-refractivity contribution >= 4 is 11.9 Å². The van der Waals surface area contributed by atoms with Crippen molar-refractivity contribution in [1.29, 1.82) is 0 Å². The van der Waals surface area contributed by atoms with Crippen molar-refractivity contribution in [3.8, 4) is 0 Å². The first-order valence-corrected chi connectivity index (χ1v) is 7.73. The van der Waals surface area contributed by atoms with Crippen molar-refractivity contribution in [3.63, 3.8) is 0 Å². The summed E-state index contributed by atoms with van der Waals surface area (Å²) >= 11 is 0. The summed E-state index contributed by atoms with van der Waals surface area (Å²) in [6.45, 7) is 2.77. The minimum Gasteiger partial charge on any atom is -0.477 e. The third-order valence-electron chi connectivity index (χ3n) is 4.04. The quantitative estimate of drug-likeness (QED) is 0.937. The van der Waals surface area contributed by atoms with Gasteiger partial charge < -0.3 is 14.7 Å². The van der Waals surface area contributed by atoms with Gasteiger partial charge in [-0.15, -0.1) is 0 Å². The molecule has 24 heavy (non-hydrogen) atoms. The number of pyridine rings is 1. The molecule has 0 aliphatic carbocycles. The summed E-state index contributed by atoms with van der Waals surface area (Å²) in [6.07, 6.45) is 1.27. The standard InChI is InChI=1S/C18H18N2O4/c1-12-10-20(16(11-24-12)13-5-3-2-4-6-13)17(21)14-7-8-19-15(9-14)18(22)23/h2-9,12,16H,10-11H2,1H3,(H,22,23). The van der Waals surface area contributed by atoms with Crippen LogP contribution in [0.15, 0.2) is 48.7 Å². The molecule has 0 saturated carbocycles. The highest BCUT2D eigenvalue weighted by molar-refractivity contribution is 5.97. The fourth-order valence-corrected chi connectivity index (χ4v) is 2.82. The molecule has 1 amide bonds. The Labute approximate surface area is 139 Å². The Bertz CT molecular complexity index is 748. The van der Waals surface area contributed by atoms with Crippen LogP contribution in [0.25, 0.3) is 0 Å². The van der Waals surface area contributed by atoms with E-state index in [2.05, 4.69) is 4.98 Å². The molecule has 124 valence electrons. The summed E-state index contributed by atoms with van der Waals surface area (Å²) in [5.41, 5.74) is 1.17. The number of aromatic carboxylic acids is 1. The second-order valence-electron chi connectivity index (χ2n) is 5.76. The Morgan fingerprint density at radius 3 is 2.71 bits per heavy atom. The van der Waals surface area contributed by atoms with Crippen LogP contribution in [0.3, 0.4) is 0 Å². The molecule has 0 spiro atoms. The van der Waals surface area contributed by atoms with Gasteiger partial charge in [0.05, 0.1) is 18.8 Å². The van der Waals surface area contributed by atoms with Crippen molar-refractivity contribution < 1.29 is 19.4 Å². The van der Waals surface area contributed by atoms with Gasteiger partial charge in [0.15, 0.2) is 0 Å². The van der Waals surface area contributed by atoms with E-state index in [0.717, 1.165) is 5.56 Å². The van der Waals surface area contributed by atoms with Gasteiger partial charge in [-0.05, 0) is 24.6 Å². The Morgan fingerprint density at radius 1 is 1.25 bits per heavy atom. The first kappa shape index (κ1) is 16.1. The van der Waals surface area contributed by atoms with E-state index in [1.54, 1.807) is 4.90 Å². The molecule has 2 aromatic rings. The van der Waals surface area contributed by atoms with Crippen LogP contribution in [-0.4, -0.2) is 46.1 Å². The molecule has 1 N–H and O–H groups in total. The first-order chi connectivity index (χ1) is 11.6. The molecule has 1 aliphatic heterocycles. The Hall–Kier alpha value is -2.73. The molecule has 3 rings (SSSR count). The van der Waals surface area contributed by atoms with Crippen LogP contribution >= 0.6 is 0 Å². The van der Waals surface area contributed by atoms with Crippen LogP contribution in [-0.2, 0) is 4.74 Å². The lowest BCUT2D eigenvalue weighted by molar-refractivity contribution is -0.0447. The van der Waals surface area contributed by atoms with Crippen LogP contribution in [0.1, 0.15) is 39.4 Å². The van der Waals surface area contributed by atoms with Crippen molar-refractivity contribution in [2.24, 2.45) is 0 Å². The van der Waals surface area contributed by atoms with E-state index in [4.69, 9.17) is 9.84 Å². The Morgan fingerprint density at radius 2 is 2.00 bits per heavy atom.